The second-order valence-electron chi connectivity index (χ2n) is 4.04. The predicted octanol–water partition coefficient (Wildman–Crippen LogP) is -0.282. The van der Waals surface area contributed by atoms with Gasteiger partial charge in [0.15, 0.2) is 0 Å². The largest absolute Gasteiger partial charge is 0.356 e. The van der Waals surface area contributed by atoms with Gasteiger partial charge in [0.05, 0.1) is 18.4 Å². The van der Waals surface area contributed by atoms with E-state index in [0.29, 0.717) is 18.8 Å². The number of allylic oxidation sites excluding steroid dienone is 1. The fourth-order valence-electron chi connectivity index (χ4n) is 1.95. The van der Waals surface area contributed by atoms with Gasteiger partial charge in [0.25, 0.3) is 5.91 Å². The van der Waals surface area contributed by atoms with E-state index in [1.807, 2.05) is 0 Å². The molecular formula is C11H12N6O. The molecule has 7 nitrogen and oxygen atoms in total. The molecule has 7 heteroatoms. The molecule has 0 saturated carbocycles. The summed E-state index contributed by atoms with van der Waals surface area (Å²) < 4.78 is 0. The van der Waals surface area contributed by atoms with Crippen LogP contribution in [-0.2, 0) is 17.8 Å². The number of carbonyl (C=O) groups is 1. The number of aromatic amines is 1. The van der Waals surface area contributed by atoms with Gasteiger partial charge >= 0.3 is 0 Å². The van der Waals surface area contributed by atoms with Crippen molar-refractivity contribution in [3.63, 3.8) is 0 Å². The number of hydrogen-bond acceptors (Lipinski definition) is 5. The lowest BCUT2D eigenvalue weighted by Crippen LogP contribution is -2.39. The van der Waals surface area contributed by atoms with Crippen LogP contribution in [0.15, 0.2) is 29.2 Å². The molecule has 0 unspecified atom stereocenters. The van der Waals surface area contributed by atoms with Crippen LogP contribution in [-0.4, -0.2) is 39.0 Å². The summed E-state index contributed by atoms with van der Waals surface area (Å²) in [5.74, 6) is -0.0765. The number of fused-ring (bicyclic) bond motifs is 1. The minimum Gasteiger partial charge on any atom is -0.356 e. The van der Waals surface area contributed by atoms with Gasteiger partial charge in [-0.1, -0.05) is 0 Å². The van der Waals surface area contributed by atoms with Crippen LogP contribution in [0, 0.1) is 0 Å². The molecule has 3 rings (SSSR count). The van der Waals surface area contributed by atoms with E-state index in [2.05, 4.69) is 25.7 Å². The fraction of sp³-hybridized carbons (Fsp3) is 0.273. The van der Waals surface area contributed by atoms with E-state index in [1.165, 1.54) is 6.20 Å². The van der Waals surface area contributed by atoms with Crippen LogP contribution in [0.2, 0.25) is 0 Å². The van der Waals surface area contributed by atoms with Crippen LogP contribution in [0.5, 0.6) is 0 Å². The molecule has 2 aliphatic rings. The lowest BCUT2D eigenvalue weighted by molar-refractivity contribution is -0.128. The first-order valence-electron chi connectivity index (χ1n) is 5.67. The maximum atomic E-state index is 12.3. The Balaban J connectivity index is 1.76. The Morgan fingerprint density at radius 2 is 2.22 bits per heavy atom. The van der Waals surface area contributed by atoms with E-state index in [4.69, 9.17) is 0 Å². The predicted molar refractivity (Wildman–Crippen MR) is 64.4 cm³/mol. The van der Waals surface area contributed by atoms with Gasteiger partial charge in [-0.15, -0.1) is 0 Å². The van der Waals surface area contributed by atoms with Crippen LogP contribution in [0.25, 0.3) is 0 Å². The summed E-state index contributed by atoms with van der Waals surface area (Å²) in [5, 5.41) is 13.6. The highest BCUT2D eigenvalue weighted by Gasteiger charge is 2.25. The third-order valence-corrected chi connectivity index (χ3v) is 2.89. The Labute approximate surface area is 103 Å². The van der Waals surface area contributed by atoms with Gasteiger partial charge in [-0.25, -0.2) is 0 Å². The van der Waals surface area contributed by atoms with Crippen molar-refractivity contribution < 1.29 is 4.79 Å². The van der Waals surface area contributed by atoms with Crippen molar-refractivity contribution in [2.45, 2.75) is 13.0 Å². The maximum Gasteiger partial charge on any atom is 0.272 e. The molecule has 92 valence electrons. The van der Waals surface area contributed by atoms with Gasteiger partial charge in [0.2, 0.25) is 0 Å². The van der Waals surface area contributed by atoms with E-state index in [-0.39, 0.29) is 5.91 Å². The SMILES string of the molecule is O=C(C1=CN=CC=CN1)N1CCc2n[nH]nc2C1. The van der Waals surface area contributed by atoms with Crippen molar-refractivity contribution in [2.24, 2.45) is 4.99 Å². The molecular weight excluding hydrogens is 232 g/mol. The molecule has 0 bridgehead atoms. The quantitative estimate of drug-likeness (QED) is 0.711. The van der Waals surface area contributed by atoms with E-state index < -0.39 is 0 Å². The third kappa shape index (κ3) is 1.90. The number of aliphatic imine (C=N–C) groups is 1. The van der Waals surface area contributed by atoms with Crippen LogP contribution in [0.1, 0.15) is 11.4 Å². The van der Waals surface area contributed by atoms with Gasteiger partial charge in [-0.3, -0.25) is 9.79 Å². The summed E-state index contributed by atoms with van der Waals surface area (Å²) in [6, 6.07) is 0. The monoisotopic (exact) mass is 244 g/mol. The zero-order valence-electron chi connectivity index (χ0n) is 9.63. The molecule has 2 N–H and O–H groups in total. The van der Waals surface area contributed by atoms with Crippen molar-refractivity contribution in [2.75, 3.05) is 6.54 Å². The average molecular weight is 244 g/mol. The lowest BCUT2D eigenvalue weighted by Gasteiger charge is -2.26. The van der Waals surface area contributed by atoms with Crippen molar-refractivity contribution in [3.05, 3.63) is 35.6 Å². The molecule has 2 aliphatic heterocycles. The smallest absolute Gasteiger partial charge is 0.272 e. The topological polar surface area (TPSA) is 86.3 Å². The number of amides is 1. The molecule has 1 aromatic heterocycles. The molecule has 0 aliphatic carbocycles. The zero-order valence-corrected chi connectivity index (χ0v) is 9.63. The van der Waals surface area contributed by atoms with Crippen molar-refractivity contribution in [3.8, 4) is 0 Å². The first-order chi connectivity index (χ1) is 8.84. The maximum absolute atomic E-state index is 12.3. The molecule has 0 radical (unpaired) electrons. The summed E-state index contributed by atoms with van der Waals surface area (Å²) in [6.45, 7) is 1.13. The third-order valence-electron chi connectivity index (χ3n) is 2.89. The summed E-state index contributed by atoms with van der Waals surface area (Å²) in [5.41, 5.74) is 2.24. The number of H-pyrrole nitrogens is 1. The molecule has 1 aromatic rings. The van der Waals surface area contributed by atoms with Gasteiger partial charge in [-0.05, 0) is 6.08 Å². The van der Waals surface area contributed by atoms with Crippen molar-refractivity contribution in [1.82, 2.24) is 25.6 Å². The summed E-state index contributed by atoms with van der Waals surface area (Å²) in [4.78, 5) is 18.0. The van der Waals surface area contributed by atoms with Gasteiger partial charge in [-0.2, -0.15) is 15.4 Å². The molecule has 1 amide bonds. The first kappa shape index (κ1) is 10.7. The van der Waals surface area contributed by atoms with E-state index in [0.717, 1.165) is 17.8 Å². The van der Waals surface area contributed by atoms with Crippen LogP contribution in [0.4, 0.5) is 0 Å². The highest BCUT2D eigenvalue weighted by Crippen LogP contribution is 2.15. The highest BCUT2D eigenvalue weighted by atomic mass is 16.2. The molecule has 0 fully saturated rings. The van der Waals surface area contributed by atoms with Crippen molar-refractivity contribution >= 4 is 12.1 Å². The Hall–Kier alpha value is -2.44. The van der Waals surface area contributed by atoms with E-state index in [1.54, 1.807) is 23.4 Å². The van der Waals surface area contributed by atoms with Gasteiger partial charge in [0.1, 0.15) is 11.4 Å². The second-order valence-corrected chi connectivity index (χ2v) is 4.04. The van der Waals surface area contributed by atoms with Crippen LogP contribution < -0.4 is 5.32 Å². The average Bonchev–Trinajstić information content (AvgIpc) is 2.69. The first-order valence-corrected chi connectivity index (χ1v) is 5.67. The summed E-state index contributed by atoms with van der Waals surface area (Å²) >= 11 is 0. The van der Waals surface area contributed by atoms with E-state index in [9.17, 15) is 4.79 Å². The molecule has 0 saturated heterocycles. The summed E-state index contributed by atoms with van der Waals surface area (Å²) in [6.07, 6.45) is 7.30. The van der Waals surface area contributed by atoms with Crippen molar-refractivity contribution in [1.29, 1.82) is 0 Å². The number of nitrogens with zero attached hydrogens (tertiary/aromatic N) is 4. The Kier molecular flexibility index (Phi) is 2.64. The number of rotatable bonds is 1. The molecule has 3 heterocycles. The minimum absolute atomic E-state index is 0.0765. The Morgan fingerprint density at radius 3 is 3.17 bits per heavy atom. The van der Waals surface area contributed by atoms with Crippen LogP contribution in [0.3, 0.4) is 0 Å². The fourth-order valence-corrected chi connectivity index (χ4v) is 1.95. The second kappa shape index (κ2) is 4.44. The standard InChI is InChI=1S/C11H12N6O/c18-11(9-6-12-3-1-4-13-9)17-5-2-8-10(7-17)15-16-14-8/h1,3-4,6,13H,2,5,7H2,(H,14,15,16). The van der Waals surface area contributed by atoms with Gasteiger partial charge < -0.3 is 10.2 Å². The molecule has 0 atom stereocenters. The van der Waals surface area contributed by atoms with E-state index >= 15 is 0 Å². The number of carbonyl (C=O) groups excluding carboxylic acids is 1. The normalized spacial score (nSPS) is 17.8. The number of nitrogens with one attached hydrogen (secondary N) is 2. The van der Waals surface area contributed by atoms with Crippen LogP contribution >= 0.6 is 0 Å². The number of hydrogen-bond donors (Lipinski definition) is 2. The summed E-state index contributed by atoms with van der Waals surface area (Å²) in [7, 11) is 0. The highest BCUT2D eigenvalue weighted by molar-refractivity contribution is 5.93. The van der Waals surface area contributed by atoms with Gasteiger partial charge in [0, 0.05) is 25.4 Å². The zero-order chi connectivity index (χ0) is 12.4. The lowest BCUT2D eigenvalue weighted by atomic mass is 10.1. The number of aromatic nitrogens is 3. The minimum atomic E-state index is -0.0765. The molecule has 0 aromatic carbocycles. The Bertz CT molecular complexity index is 556. The Morgan fingerprint density at radius 1 is 1.33 bits per heavy atom. The molecule has 18 heavy (non-hydrogen) atoms. The molecule has 0 spiro atoms.